The molecule has 0 saturated carbocycles. The van der Waals surface area contributed by atoms with Gasteiger partial charge in [0.25, 0.3) is 0 Å². The van der Waals surface area contributed by atoms with Crippen LogP contribution in [0.25, 0.3) is 11.3 Å². The first-order valence-electron chi connectivity index (χ1n) is 9.91. The quantitative estimate of drug-likeness (QED) is 0.591. The van der Waals surface area contributed by atoms with E-state index in [4.69, 9.17) is 0 Å². The van der Waals surface area contributed by atoms with Gasteiger partial charge in [-0.25, -0.2) is 4.98 Å². The third kappa shape index (κ3) is 5.76. The van der Waals surface area contributed by atoms with Crippen molar-refractivity contribution in [2.24, 2.45) is 5.41 Å². The van der Waals surface area contributed by atoms with E-state index in [2.05, 4.69) is 15.6 Å². The molecule has 1 heterocycles. The van der Waals surface area contributed by atoms with Crippen molar-refractivity contribution in [2.75, 3.05) is 5.32 Å². The average molecular weight is 422 g/mol. The predicted octanol–water partition coefficient (Wildman–Crippen LogP) is 4.96. The van der Waals surface area contributed by atoms with Gasteiger partial charge in [0.1, 0.15) is 5.01 Å². The van der Waals surface area contributed by atoms with Gasteiger partial charge in [0.2, 0.25) is 11.8 Å². The van der Waals surface area contributed by atoms with Crippen LogP contribution in [0, 0.1) is 12.3 Å². The lowest BCUT2D eigenvalue weighted by molar-refractivity contribution is -0.123. The highest BCUT2D eigenvalue weighted by Crippen LogP contribution is 2.29. The minimum atomic E-state index is -0.444. The summed E-state index contributed by atoms with van der Waals surface area (Å²) >= 11 is 1.54. The molecule has 5 nitrogen and oxygen atoms in total. The molecular formula is C24H27N3O2S. The predicted molar refractivity (Wildman–Crippen MR) is 122 cm³/mol. The molecule has 0 fully saturated rings. The van der Waals surface area contributed by atoms with Crippen LogP contribution in [-0.4, -0.2) is 16.8 Å². The number of nitrogens with zero attached hydrogens (tertiary/aromatic N) is 1. The van der Waals surface area contributed by atoms with Crippen molar-refractivity contribution >= 4 is 28.8 Å². The van der Waals surface area contributed by atoms with Gasteiger partial charge in [0.15, 0.2) is 0 Å². The number of aromatic nitrogens is 1. The van der Waals surface area contributed by atoms with E-state index < -0.39 is 5.41 Å². The van der Waals surface area contributed by atoms with Crippen LogP contribution >= 0.6 is 11.3 Å². The van der Waals surface area contributed by atoms with Gasteiger partial charge in [0, 0.05) is 28.1 Å². The molecule has 0 unspecified atom stereocenters. The zero-order chi connectivity index (χ0) is 21.7. The van der Waals surface area contributed by atoms with E-state index in [1.807, 2.05) is 82.3 Å². The Hall–Kier alpha value is -2.99. The molecule has 0 atom stereocenters. The maximum Gasteiger partial charge on any atom is 0.229 e. The molecule has 3 aromatic rings. The number of benzene rings is 2. The van der Waals surface area contributed by atoms with Gasteiger partial charge in [-0.15, -0.1) is 11.3 Å². The van der Waals surface area contributed by atoms with Gasteiger partial charge in [0.05, 0.1) is 12.1 Å². The molecule has 0 saturated heterocycles. The second-order valence-electron chi connectivity index (χ2n) is 8.23. The van der Waals surface area contributed by atoms with E-state index in [-0.39, 0.29) is 18.2 Å². The number of amides is 2. The van der Waals surface area contributed by atoms with Crippen LogP contribution in [0.4, 0.5) is 5.69 Å². The summed E-state index contributed by atoms with van der Waals surface area (Å²) < 4.78 is 0. The standard InChI is InChI=1S/C24H27N3O2S/c1-16-22(18-10-12-19(13-11-18)26-23(29)24(2,3)4)27-21(30-16)14-20(28)25-15-17-8-6-5-7-9-17/h5-13H,14-15H2,1-4H3,(H,25,28)(H,26,29). The SMILES string of the molecule is Cc1sc(CC(=O)NCc2ccccc2)nc1-c1ccc(NC(=O)C(C)(C)C)cc1. The molecule has 2 amide bonds. The number of carbonyl (C=O) groups is 2. The second-order valence-corrected chi connectivity index (χ2v) is 9.52. The normalized spacial score (nSPS) is 11.2. The number of thiazole rings is 1. The number of anilines is 1. The molecule has 3 rings (SSSR count). The molecule has 1 aromatic heterocycles. The van der Waals surface area contributed by atoms with Gasteiger partial charge < -0.3 is 10.6 Å². The van der Waals surface area contributed by atoms with Crippen LogP contribution in [-0.2, 0) is 22.6 Å². The molecule has 156 valence electrons. The highest BCUT2D eigenvalue weighted by Gasteiger charge is 2.21. The van der Waals surface area contributed by atoms with E-state index in [9.17, 15) is 9.59 Å². The Balaban J connectivity index is 1.62. The van der Waals surface area contributed by atoms with Gasteiger partial charge in [-0.05, 0) is 24.6 Å². The van der Waals surface area contributed by atoms with Crippen LogP contribution < -0.4 is 10.6 Å². The summed E-state index contributed by atoms with van der Waals surface area (Å²) in [6.07, 6.45) is 0.262. The molecule has 0 aliphatic carbocycles. The number of nitrogens with one attached hydrogen (secondary N) is 2. The second kappa shape index (κ2) is 9.22. The Morgan fingerprint density at radius 2 is 1.67 bits per heavy atom. The Labute approximate surface area is 181 Å². The summed E-state index contributed by atoms with van der Waals surface area (Å²) in [6.45, 7) is 8.17. The van der Waals surface area contributed by atoms with Gasteiger partial charge in [-0.3, -0.25) is 9.59 Å². The molecule has 0 spiro atoms. The summed E-state index contributed by atoms with van der Waals surface area (Å²) in [7, 11) is 0. The first kappa shape index (κ1) is 21.7. The van der Waals surface area contributed by atoms with Gasteiger partial charge >= 0.3 is 0 Å². The molecule has 2 N–H and O–H groups in total. The lowest BCUT2D eigenvalue weighted by Crippen LogP contribution is -2.27. The number of hydrogen-bond acceptors (Lipinski definition) is 4. The summed E-state index contributed by atoms with van der Waals surface area (Å²) in [5.74, 6) is -0.0664. The van der Waals surface area contributed by atoms with E-state index in [1.165, 1.54) is 11.3 Å². The summed E-state index contributed by atoms with van der Waals surface area (Å²) in [5, 5.41) is 6.66. The summed E-state index contributed by atoms with van der Waals surface area (Å²) in [4.78, 5) is 30.2. The van der Waals surface area contributed by atoms with Crippen LogP contribution in [0.3, 0.4) is 0 Å². The van der Waals surface area contributed by atoms with Crippen molar-refractivity contribution in [2.45, 2.75) is 40.7 Å². The molecule has 30 heavy (non-hydrogen) atoms. The molecular weight excluding hydrogens is 394 g/mol. The fourth-order valence-electron chi connectivity index (χ4n) is 2.82. The molecule has 0 aliphatic heterocycles. The fourth-order valence-corrected chi connectivity index (χ4v) is 3.77. The van der Waals surface area contributed by atoms with E-state index in [0.717, 1.165) is 32.4 Å². The number of carbonyl (C=O) groups excluding carboxylic acids is 2. The van der Waals surface area contributed by atoms with E-state index in [1.54, 1.807) is 0 Å². The van der Waals surface area contributed by atoms with Crippen molar-refractivity contribution in [1.29, 1.82) is 0 Å². The lowest BCUT2D eigenvalue weighted by Gasteiger charge is -2.17. The third-order valence-corrected chi connectivity index (χ3v) is 5.55. The van der Waals surface area contributed by atoms with Crippen LogP contribution in [0.5, 0.6) is 0 Å². The number of hydrogen-bond donors (Lipinski definition) is 2. The minimum Gasteiger partial charge on any atom is -0.352 e. The zero-order valence-electron chi connectivity index (χ0n) is 17.8. The maximum absolute atomic E-state index is 12.3. The smallest absolute Gasteiger partial charge is 0.229 e. The first-order valence-corrected chi connectivity index (χ1v) is 10.7. The largest absolute Gasteiger partial charge is 0.352 e. The van der Waals surface area contributed by atoms with Crippen molar-refractivity contribution in [1.82, 2.24) is 10.3 Å². The lowest BCUT2D eigenvalue weighted by atomic mass is 9.95. The van der Waals surface area contributed by atoms with Crippen LogP contribution in [0.2, 0.25) is 0 Å². The summed E-state index contributed by atoms with van der Waals surface area (Å²) in [5.41, 5.74) is 3.22. The Kier molecular flexibility index (Phi) is 6.67. The minimum absolute atomic E-state index is 0.0242. The highest BCUT2D eigenvalue weighted by molar-refractivity contribution is 7.12. The Morgan fingerprint density at radius 3 is 2.30 bits per heavy atom. The van der Waals surface area contributed by atoms with Crippen molar-refractivity contribution < 1.29 is 9.59 Å². The number of aryl methyl sites for hydroxylation is 1. The highest BCUT2D eigenvalue weighted by atomic mass is 32.1. The van der Waals surface area contributed by atoms with Gasteiger partial charge in [-0.2, -0.15) is 0 Å². The van der Waals surface area contributed by atoms with Crippen LogP contribution in [0.15, 0.2) is 54.6 Å². The van der Waals surface area contributed by atoms with Crippen LogP contribution in [0.1, 0.15) is 36.2 Å². The molecule has 0 radical (unpaired) electrons. The van der Waals surface area contributed by atoms with Crippen molar-refractivity contribution in [3.8, 4) is 11.3 Å². The molecule has 0 aliphatic rings. The fraction of sp³-hybridized carbons (Fsp3) is 0.292. The van der Waals surface area contributed by atoms with Crippen molar-refractivity contribution in [3.05, 3.63) is 70.0 Å². The topological polar surface area (TPSA) is 71.1 Å². The zero-order valence-corrected chi connectivity index (χ0v) is 18.6. The van der Waals surface area contributed by atoms with Crippen molar-refractivity contribution in [3.63, 3.8) is 0 Å². The third-order valence-electron chi connectivity index (χ3n) is 4.58. The Bertz CT molecular complexity index is 1020. The molecule has 0 bridgehead atoms. The first-order chi connectivity index (χ1) is 14.2. The van der Waals surface area contributed by atoms with E-state index >= 15 is 0 Å². The van der Waals surface area contributed by atoms with E-state index in [0.29, 0.717) is 6.54 Å². The molecule has 2 aromatic carbocycles. The Morgan fingerprint density at radius 1 is 1.00 bits per heavy atom. The molecule has 6 heteroatoms. The average Bonchev–Trinajstić information content (AvgIpc) is 3.07. The summed E-state index contributed by atoms with van der Waals surface area (Å²) in [6, 6.07) is 17.5. The maximum atomic E-state index is 12.3. The number of rotatable bonds is 6. The monoisotopic (exact) mass is 421 g/mol. The van der Waals surface area contributed by atoms with Gasteiger partial charge in [-0.1, -0.05) is 63.2 Å².